The lowest BCUT2D eigenvalue weighted by Gasteiger charge is -2.09. The summed E-state index contributed by atoms with van der Waals surface area (Å²) in [6, 6.07) is 4.19. The lowest BCUT2D eigenvalue weighted by molar-refractivity contribution is -0.143. The zero-order chi connectivity index (χ0) is 14.5. The van der Waals surface area contributed by atoms with E-state index in [1.54, 1.807) is 0 Å². The van der Waals surface area contributed by atoms with Crippen LogP contribution in [0.2, 0.25) is 0 Å². The Morgan fingerprint density at radius 3 is 2.95 bits per heavy atom. The van der Waals surface area contributed by atoms with E-state index in [0.717, 1.165) is 43.2 Å². The smallest absolute Gasteiger partial charge is 0.305 e. The van der Waals surface area contributed by atoms with Crippen LogP contribution in [-0.2, 0) is 28.8 Å². The van der Waals surface area contributed by atoms with E-state index in [-0.39, 0.29) is 12.0 Å². The normalized spacial score (nSPS) is 17.0. The van der Waals surface area contributed by atoms with Gasteiger partial charge in [-0.1, -0.05) is 12.1 Å². The van der Waals surface area contributed by atoms with Crippen molar-refractivity contribution in [2.24, 2.45) is 5.73 Å². The first-order chi connectivity index (χ1) is 9.61. The van der Waals surface area contributed by atoms with Crippen LogP contribution in [0.3, 0.4) is 0 Å². The molecule has 4 heteroatoms. The standard InChI is InChI=1S/C16H23NO3/c1-2-20-15(18)6-4-3-5-11-7-8-12-9-13(17)10-14(12)16(11)19/h7-8,13,19H,2-6,9-10,17H2,1H3. The largest absolute Gasteiger partial charge is 0.507 e. The van der Waals surface area contributed by atoms with Gasteiger partial charge in [0.15, 0.2) is 0 Å². The summed E-state index contributed by atoms with van der Waals surface area (Å²) in [5, 5.41) is 10.3. The van der Waals surface area contributed by atoms with E-state index in [2.05, 4.69) is 6.07 Å². The molecule has 20 heavy (non-hydrogen) atoms. The van der Waals surface area contributed by atoms with Crippen molar-refractivity contribution in [3.05, 3.63) is 28.8 Å². The maximum atomic E-state index is 11.2. The van der Waals surface area contributed by atoms with Crippen LogP contribution in [0, 0.1) is 0 Å². The third kappa shape index (κ3) is 3.51. The second kappa shape index (κ2) is 6.75. The van der Waals surface area contributed by atoms with Crippen molar-refractivity contribution in [1.82, 2.24) is 0 Å². The first-order valence-electron chi connectivity index (χ1n) is 7.35. The second-order valence-corrected chi connectivity index (χ2v) is 5.39. The van der Waals surface area contributed by atoms with Crippen LogP contribution in [0.1, 0.15) is 42.9 Å². The predicted octanol–water partition coefficient (Wildman–Crippen LogP) is 2.09. The molecule has 2 rings (SSSR count). The van der Waals surface area contributed by atoms with Gasteiger partial charge in [-0.2, -0.15) is 0 Å². The molecule has 0 aliphatic heterocycles. The van der Waals surface area contributed by atoms with E-state index in [1.807, 2.05) is 13.0 Å². The lowest BCUT2D eigenvalue weighted by atomic mass is 10.00. The van der Waals surface area contributed by atoms with Crippen LogP contribution in [0.15, 0.2) is 12.1 Å². The van der Waals surface area contributed by atoms with Gasteiger partial charge in [0.25, 0.3) is 0 Å². The number of rotatable bonds is 6. The van der Waals surface area contributed by atoms with Gasteiger partial charge < -0.3 is 15.6 Å². The first-order valence-corrected chi connectivity index (χ1v) is 7.35. The molecule has 0 aromatic heterocycles. The lowest BCUT2D eigenvalue weighted by Crippen LogP contribution is -2.19. The summed E-state index contributed by atoms with van der Waals surface area (Å²) in [6.07, 6.45) is 4.51. The van der Waals surface area contributed by atoms with E-state index >= 15 is 0 Å². The predicted molar refractivity (Wildman–Crippen MR) is 77.7 cm³/mol. The van der Waals surface area contributed by atoms with Crippen molar-refractivity contribution in [2.75, 3.05) is 6.61 Å². The molecule has 1 aliphatic carbocycles. The molecule has 1 aromatic rings. The molecule has 0 radical (unpaired) electrons. The molecule has 1 aromatic carbocycles. The van der Waals surface area contributed by atoms with E-state index < -0.39 is 0 Å². The fourth-order valence-corrected chi connectivity index (χ4v) is 2.78. The van der Waals surface area contributed by atoms with Gasteiger partial charge in [0, 0.05) is 12.5 Å². The number of carbonyl (C=O) groups excluding carboxylic acids is 1. The summed E-state index contributed by atoms with van der Waals surface area (Å²) in [5.41, 5.74) is 9.07. The number of hydrogen-bond acceptors (Lipinski definition) is 4. The van der Waals surface area contributed by atoms with Crippen LogP contribution in [-0.4, -0.2) is 23.7 Å². The Balaban J connectivity index is 1.85. The maximum Gasteiger partial charge on any atom is 0.305 e. The Bertz CT molecular complexity index is 485. The SMILES string of the molecule is CCOC(=O)CCCCc1ccc2c(c1O)CC(N)C2. The third-order valence-electron chi connectivity index (χ3n) is 3.79. The molecule has 3 N–H and O–H groups in total. The van der Waals surface area contributed by atoms with Crippen molar-refractivity contribution in [3.8, 4) is 5.75 Å². The number of aromatic hydroxyl groups is 1. The average molecular weight is 277 g/mol. The zero-order valence-electron chi connectivity index (χ0n) is 12.0. The van der Waals surface area contributed by atoms with Gasteiger partial charge in [-0.3, -0.25) is 4.79 Å². The minimum atomic E-state index is -0.142. The van der Waals surface area contributed by atoms with Gasteiger partial charge in [-0.15, -0.1) is 0 Å². The number of ether oxygens (including phenoxy) is 1. The molecule has 0 amide bonds. The van der Waals surface area contributed by atoms with Gasteiger partial charge in [-0.05, 0) is 55.7 Å². The van der Waals surface area contributed by atoms with Crippen LogP contribution < -0.4 is 5.73 Å². The number of aryl methyl sites for hydroxylation is 1. The van der Waals surface area contributed by atoms with E-state index in [4.69, 9.17) is 10.5 Å². The number of nitrogens with two attached hydrogens (primary N) is 1. The highest BCUT2D eigenvalue weighted by Gasteiger charge is 2.22. The Morgan fingerprint density at radius 1 is 1.40 bits per heavy atom. The summed E-state index contributed by atoms with van der Waals surface area (Å²) < 4.78 is 4.89. The highest BCUT2D eigenvalue weighted by Crippen LogP contribution is 2.33. The van der Waals surface area contributed by atoms with Gasteiger partial charge in [0.05, 0.1) is 6.61 Å². The molecular formula is C16H23NO3. The molecular weight excluding hydrogens is 254 g/mol. The van der Waals surface area contributed by atoms with Crippen LogP contribution >= 0.6 is 0 Å². The second-order valence-electron chi connectivity index (χ2n) is 5.39. The Kier molecular flexibility index (Phi) is 5.01. The number of phenols is 1. The van der Waals surface area contributed by atoms with Crippen LogP contribution in [0.5, 0.6) is 5.75 Å². The van der Waals surface area contributed by atoms with E-state index in [1.165, 1.54) is 5.56 Å². The molecule has 0 bridgehead atoms. The molecule has 1 unspecified atom stereocenters. The van der Waals surface area contributed by atoms with Crippen LogP contribution in [0.25, 0.3) is 0 Å². The Morgan fingerprint density at radius 2 is 2.20 bits per heavy atom. The van der Waals surface area contributed by atoms with E-state index in [9.17, 15) is 9.90 Å². The van der Waals surface area contributed by atoms with Crippen LogP contribution in [0.4, 0.5) is 0 Å². The number of hydrogen-bond donors (Lipinski definition) is 2. The highest BCUT2D eigenvalue weighted by molar-refractivity contribution is 5.69. The zero-order valence-corrected chi connectivity index (χ0v) is 12.0. The molecule has 4 nitrogen and oxygen atoms in total. The Labute approximate surface area is 119 Å². The minimum absolute atomic E-state index is 0.134. The molecule has 0 saturated carbocycles. The number of phenolic OH excluding ortho intramolecular Hbond substituents is 1. The summed E-state index contributed by atoms with van der Waals surface area (Å²) in [7, 11) is 0. The molecule has 1 atom stereocenters. The summed E-state index contributed by atoms with van der Waals surface area (Å²) in [4.78, 5) is 11.2. The molecule has 110 valence electrons. The summed E-state index contributed by atoms with van der Waals surface area (Å²) in [6.45, 7) is 2.25. The number of esters is 1. The summed E-state index contributed by atoms with van der Waals surface area (Å²) >= 11 is 0. The van der Waals surface area contributed by atoms with Crippen molar-refractivity contribution in [3.63, 3.8) is 0 Å². The number of carbonyl (C=O) groups is 1. The fourth-order valence-electron chi connectivity index (χ4n) is 2.78. The van der Waals surface area contributed by atoms with E-state index in [0.29, 0.717) is 18.8 Å². The monoisotopic (exact) mass is 277 g/mol. The van der Waals surface area contributed by atoms with Gasteiger partial charge in [0.1, 0.15) is 5.75 Å². The number of benzene rings is 1. The van der Waals surface area contributed by atoms with Gasteiger partial charge in [-0.25, -0.2) is 0 Å². The number of fused-ring (bicyclic) bond motifs is 1. The topological polar surface area (TPSA) is 72.5 Å². The van der Waals surface area contributed by atoms with Crippen molar-refractivity contribution < 1.29 is 14.6 Å². The van der Waals surface area contributed by atoms with Crippen molar-refractivity contribution in [2.45, 2.75) is 51.5 Å². The maximum absolute atomic E-state index is 11.2. The summed E-state index contributed by atoms with van der Waals surface area (Å²) in [5.74, 6) is 0.267. The van der Waals surface area contributed by atoms with Gasteiger partial charge in [0.2, 0.25) is 0 Å². The Hall–Kier alpha value is -1.55. The molecule has 0 fully saturated rings. The molecule has 1 aliphatic rings. The molecule has 0 heterocycles. The van der Waals surface area contributed by atoms with Crippen molar-refractivity contribution >= 4 is 5.97 Å². The highest BCUT2D eigenvalue weighted by atomic mass is 16.5. The quantitative estimate of drug-likeness (QED) is 0.617. The third-order valence-corrected chi connectivity index (χ3v) is 3.79. The van der Waals surface area contributed by atoms with Crippen molar-refractivity contribution in [1.29, 1.82) is 0 Å². The first kappa shape index (κ1) is 14.9. The molecule has 0 saturated heterocycles. The average Bonchev–Trinajstić information content (AvgIpc) is 2.79. The molecule has 0 spiro atoms. The minimum Gasteiger partial charge on any atom is -0.507 e. The van der Waals surface area contributed by atoms with Gasteiger partial charge >= 0.3 is 5.97 Å². The fraction of sp³-hybridized carbons (Fsp3) is 0.562. The number of unbranched alkanes of at least 4 members (excludes halogenated alkanes) is 1.